The number of aromatic nitrogens is 4. The maximum atomic E-state index is 12.4. The van der Waals surface area contributed by atoms with Gasteiger partial charge in [-0.3, -0.25) is 14.4 Å². The first-order valence-corrected chi connectivity index (χ1v) is 8.44. The van der Waals surface area contributed by atoms with E-state index < -0.39 is 0 Å². The van der Waals surface area contributed by atoms with Crippen molar-refractivity contribution in [3.63, 3.8) is 0 Å². The molecule has 1 aliphatic heterocycles. The Labute approximate surface area is 137 Å². The number of nitrogens with one attached hydrogen (secondary N) is 1. The number of H-pyrrole nitrogens is 1. The zero-order chi connectivity index (χ0) is 15.8. The minimum Gasteiger partial charge on any atom is -0.306 e. The summed E-state index contributed by atoms with van der Waals surface area (Å²) >= 11 is 1.59. The molecule has 0 radical (unpaired) electrons. The van der Waals surface area contributed by atoms with Gasteiger partial charge in [-0.15, -0.1) is 11.3 Å². The SMILES string of the molecule is Cn1ccc(CN2CCc3nc(-c4cccs4)[nH]c(=O)c3C2)n1. The van der Waals surface area contributed by atoms with E-state index in [0.29, 0.717) is 12.4 Å². The van der Waals surface area contributed by atoms with Crippen molar-refractivity contribution in [2.75, 3.05) is 6.54 Å². The third-order valence-corrected chi connectivity index (χ3v) is 4.93. The standard InChI is InChI=1S/C16H17N5OS/c1-20-6-4-11(19-20)9-21-7-5-13-12(10-21)16(22)18-15(17-13)14-3-2-8-23-14/h2-4,6,8H,5,7,9-10H2,1H3,(H,17,18,22). The molecule has 3 aromatic rings. The Hall–Kier alpha value is -2.25. The number of fused-ring (bicyclic) bond motifs is 1. The number of aromatic amines is 1. The molecular weight excluding hydrogens is 310 g/mol. The molecule has 23 heavy (non-hydrogen) atoms. The lowest BCUT2D eigenvalue weighted by Crippen LogP contribution is -2.35. The molecule has 118 valence electrons. The van der Waals surface area contributed by atoms with Gasteiger partial charge in [-0.1, -0.05) is 6.07 Å². The number of hydrogen-bond acceptors (Lipinski definition) is 5. The first-order valence-electron chi connectivity index (χ1n) is 7.56. The quantitative estimate of drug-likeness (QED) is 0.796. The van der Waals surface area contributed by atoms with E-state index in [1.54, 1.807) is 16.0 Å². The van der Waals surface area contributed by atoms with Crippen LogP contribution in [0, 0.1) is 0 Å². The molecule has 0 atom stereocenters. The Kier molecular flexibility index (Phi) is 3.59. The van der Waals surface area contributed by atoms with Crippen LogP contribution in [0.4, 0.5) is 0 Å². The Balaban J connectivity index is 1.59. The molecule has 0 unspecified atom stereocenters. The third kappa shape index (κ3) is 2.85. The minimum absolute atomic E-state index is 0.0240. The maximum Gasteiger partial charge on any atom is 0.255 e. The average Bonchev–Trinajstić information content (AvgIpc) is 3.20. The van der Waals surface area contributed by atoms with Gasteiger partial charge >= 0.3 is 0 Å². The Morgan fingerprint density at radius 2 is 2.30 bits per heavy atom. The predicted molar refractivity (Wildman–Crippen MR) is 89.2 cm³/mol. The van der Waals surface area contributed by atoms with E-state index in [2.05, 4.69) is 20.0 Å². The molecule has 7 heteroatoms. The smallest absolute Gasteiger partial charge is 0.255 e. The summed E-state index contributed by atoms with van der Waals surface area (Å²) in [6.45, 7) is 2.27. The normalized spacial score (nSPS) is 14.8. The summed E-state index contributed by atoms with van der Waals surface area (Å²) in [5.41, 5.74) is 2.71. The highest BCUT2D eigenvalue weighted by molar-refractivity contribution is 7.13. The number of rotatable bonds is 3. The van der Waals surface area contributed by atoms with Crippen LogP contribution in [0.25, 0.3) is 10.7 Å². The summed E-state index contributed by atoms with van der Waals surface area (Å²) in [4.78, 5) is 23.3. The van der Waals surface area contributed by atoms with E-state index in [1.165, 1.54) is 0 Å². The maximum absolute atomic E-state index is 12.4. The van der Waals surface area contributed by atoms with Gasteiger partial charge in [0, 0.05) is 39.3 Å². The fraction of sp³-hybridized carbons (Fsp3) is 0.312. The summed E-state index contributed by atoms with van der Waals surface area (Å²) in [7, 11) is 1.91. The van der Waals surface area contributed by atoms with Gasteiger partial charge in [0.15, 0.2) is 5.82 Å². The molecule has 6 nitrogen and oxygen atoms in total. The van der Waals surface area contributed by atoms with Gasteiger partial charge in [0.25, 0.3) is 5.56 Å². The summed E-state index contributed by atoms with van der Waals surface area (Å²) in [5, 5.41) is 6.40. The number of aryl methyl sites for hydroxylation is 1. The van der Waals surface area contributed by atoms with Crippen molar-refractivity contribution in [2.24, 2.45) is 7.05 Å². The highest BCUT2D eigenvalue weighted by atomic mass is 32.1. The lowest BCUT2D eigenvalue weighted by Gasteiger charge is -2.26. The van der Waals surface area contributed by atoms with Crippen molar-refractivity contribution >= 4 is 11.3 Å². The van der Waals surface area contributed by atoms with Gasteiger partial charge in [0.05, 0.1) is 21.8 Å². The summed E-state index contributed by atoms with van der Waals surface area (Å²) in [6.07, 6.45) is 2.74. The first kappa shape index (κ1) is 14.3. The lowest BCUT2D eigenvalue weighted by atomic mass is 10.1. The molecular formula is C16H17N5OS. The molecule has 4 heterocycles. The molecule has 0 saturated carbocycles. The van der Waals surface area contributed by atoms with Crippen LogP contribution in [-0.2, 0) is 26.6 Å². The van der Waals surface area contributed by atoms with Gasteiger partial charge in [-0.25, -0.2) is 4.98 Å². The molecule has 0 saturated heterocycles. The van der Waals surface area contributed by atoms with Crippen LogP contribution in [-0.4, -0.2) is 31.2 Å². The van der Waals surface area contributed by atoms with Gasteiger partial charge in [-0.2, -0.15) is 5.10 Å². The summed E-state index contributed by atoms with van der Waals surface area (Å²) in [6, 6.07) is 5.96. The molecule has 0 bridgehead atoms. The first-order chi connectivity index (χ1) is 11.2. The van der Waals surface area contributed by atoms with E-state index in [-0.39, 0.29) is 5.56 Å². The fourth-order valence-electron chi connectivity index (χ4n) is 2.92. The van der Waals surface area contributed by atoms with Crippen LogP contribution in [0.15, 0.2) is 34.6 Å². The molecule has 0 spiro atoms. The highest BCUT2D eigenvalue weighted by Crippen LogP contribution is 2.22. The molecule has 0 aliphatic carbocycles. The van der Waals surface area contributed by atoms with Gasteiger partial charge < -0.3 is 4.98 Å². The van der Waals surface area contributed by atoms with E-state index in [4.69, 9.17) is 0 Å². The second-order valence-electron chi connectivity index (χ2n) is 5.76. The van der Waals surface area contributed by atoms with Gasteiger partial charge in [0.2, 0.25) is 0 Å². The monoisotopic (exact) mass is 327 g/mol. The molecule has 4 rings (SSSR count). The number of thiophene rings is 1. The molecule has 0 fully saturated rings. The average molecular weight is 327 g/mol. The van der Waals surface area contributed by atoms with Crippen LogP contribution < -0.4 is 5.56 Å². The molecule has 0 amide bonds. The van der Waals surface area contributed by atoms with Crippen LogP contribution in [0.1, 0.15) is 17.0 Å². The van der Waals surface area contributed by atoms with Crippen molar-refractivity contribution < 1.29 is 0 Å². The van der Waals surface area contributed by atoms with Crippen molar-refractivity contribution in [3.05, 3.63) is 57.1 Å². The number of hydrogen-bond donors (Lipinski definition) is 1. The summed E-state index contributed by atoms with van der Waals surface area (Å²) < 4.78 is 1.80. The van der Waals surface area contributed by atoms with Crippen LogP contribution in [0.2, 0.25) is 0 Å². The Bertz CT molecular complexity index is 880. The van der Waals surface area contributed by atoms with E-state index >= 15 is 0 Å². The zero-order valence-electron chi connectivity index (χ0n) is 12.8. The Morgan fingerprint density at radius 3 is 3.04 bits per heavy atom. The molecule has 1 N–H and O–H groups in total. The highest BCUT2D eigenvalue weighted by Gasteiger charge is 2.22. The van der Waals surface area contributed by atoms with Crippen molar-refractivity contribution in [1.82, 2.24) is 24.6 Å². The molecule has 3 aromatic heterocycles. The predicted octanol–water partition coefficient (Wildman–Crippen LogP) is 1.79. The van der Waals surface area contributed by atoms with Crippen LogP contribution in [0.5, 0.6) is 0 Å². The van der Waals surface area contributed by atoms with E-state index in [1.807, 2.05) is 36.8 Å². The Morgan fingerprint density at radius 1 is 1.39 bits per heavy atom. The topological polar surface area (TPSA) is 66.8 Å². The number of nitrogens with zero attached hydrogens (tertiary/aromatic N) is 4. The summed E-state index contributed by atoms with van der Waals surface area (Å²) in [5.74, 6) is 0.682. The van der Waals surface area contributed by atoms with E-state index in [0.717, 1.165) is 41.3 Å². The van der Waals surface area contributed by atoms with Crippen LogP contribution in [0.3, 0.4) is 0 Å². The van der Waals surface area contributed by atoms with Crippen molar-refractivity contribution in [2.45, 2.75) is 19.5 Å². The minimum atomic E-state index is -0.0240. The van der Waals surface area contributed by atoms with Crippen molar-refractivity contribution in [3.8, 4) is 10.7 Å². The second kappa shape index (κ2) is 5.75. The van der Waals surface area contributed by atoms with Crippen molar-refractivity contribution in [1.29, 1.82) is 0 Å². The van der Waals surface area contributed by atoms with Gasteiger partial charge in [-0.05, 0) is 17.5 Å². The molecule has 1 aliphatic rings. The fourth-order valence-corrected chi connectivity index (χ4v) is 3.59. The largest absolute Gasteiger partial charge is 0.306 e. The van der Waals surface area contributed by atoms with Crippen LogP contribution >= 0.6 is 11.3 Å². The van der Waals surface area contributed by atoms with E-state index in [9.17, 15) is 4.79 Å². The van der Waals surface area contributed by atoms with Gasteiger partial charge in [0.1, 0.15) is 0 Å². The lowest BCUT2D eigenvalue weighted by molar-refractivity contribution is 0.238. The zero-order valence-corrected chi connectivity index (χ0v) is 13.6. The second-order valence-corrected chi connectivity index (χ2v) is 6.71. The third-order valence-electron chi connectivity index (χ3n) is 4.06. The molecule has 0 aromatic carbocycles.